The van der Waals surface area contributed by atoms with Crippen LogP contribution in [0.5, 0.6) is 0 Å². The normalized spacial score (nSPS) is 11.6. The van der Waals surface area contributed by atoms with E-state index in [1.165, 1.54) is 4.70 Å². The second-order valence-electron chi connectivity index (χ2n) is 12.1. The van der Waals surface area contributed by atoms with Gasteiger partial charge < -0.3 is 4.42 Å². The topological polar surface area (TPSA) is 77.6 Å². The van der Waals surface area contributed by atoms with Crippen LogP contribution in [0.4, 0.5) is 0 Å². The third-order valence-electron chi connectivity index (χ3n) is 8.95. The molecule has 0 bridgehead atoms. The van der Waals surface area contributed by atoms with Crippen LogP contribution < -0.4 is 0 Å². The molecule has 0 N–H and O–H groups in total. The van der Waals surface area contributed by atoms with Gasteiger partial charge in [-0.3, -0.25) is 0 Å². The second kappa shape index (κ2) is 11.5. The van der Waals surface area contributed by atoms with E-state index < -0.39 is 0 Å². The third-order valence-corrected chi connectivity index (χ3v) is 10.1. The molecule has 0 aliphatic rings. The molecule has 10 rings (SSSR count). The fourth-order valence-electron chi connectivity index (χ4n) is 6.50. The van der Waals surface area contributed by atoms with Crippen LogP contribution in [0.15, 0.2) is 156 Å². The Labute approximate surface area is 290 Å². The maximum atomic E-state index is 6.42. The number of hydrogen-bond acceptors (Lipinski definition) is 7. The van der Waals surface area contributed by atoms with Crippen molar-refractivity contribution in [3.05, 3.63) is 152 Å². The molecule has 6 aromatic carbocycles. The molecular formula is C43H25N5OS. The molecule has 50 heavy (non-hydrogen) atoms. The van der Waals surface area contributed by atoms with Crippen molar-refractivity contribution in [1.29, 1.82) is 0 Å². The summed E-state index contributed by atoms with van der Waals surface area (Å²) in [6.07, 6.45) is 0. The smallest absolute Gasteiger partial charge is 0.180 e. The number of nitrogens with zero attached hydrogens (tertiary/aromatic N) is 5. The molecular weight excluding hydrogens is 635 g/mol. The maximum absolute atomic E-state index is 6.42. The van der Waals surface area contributed by atoms with Crippen LogP contribution >= 0.6 is 11.3 Å². The van der Waals surface area contributed by atoms with Gasteiger partial charge in [0.15, 0.2) is 28.9 Å². The summed E-state index contributed by atoms with van der Waals surface area (Å²) in [6, 6.07) is 51.2. The van der Waals surface area contributed by atoms with Crippen molar-refractivity contribution >= 4 is 53.6 Å². The fourth-order valence-corrected chi connectivity index (χ4v) is 7.63. The first kappa shape index (κ1) is 28.4. The lowest BCUT2D eigenvalue weighted by atomic mass is 10.0. The summed E-state index contributed by atoms with van der Waals surface area (Å²) in [7, 11) is 0. The number of hydrogen-bond donors (Lipinski definition) is 0. The lowest BCUT2D eigenvalue weighted by molar-refractivity contribution is 0.667. The van der Waals surface area contributed by atoms with E-state index in [-0.39, 0.29) is 0 Å². The average Bonchev–Trinajstić information content (AvgIpc) is 3.76. The number of fused-ring (bicyclic) bond motifs is 6. The Morgan fingerprint density at radius 2 is 0.940 bits per heavy atom. The summed E-state index contributed by atoms with van der Waals surface area (Å²) in [5.74, 6) is 2.60. The minimum atomic E-state index is 0.638. The molecule has 0 fully saturated rings. The molecule has 0 saturated carbocycles. The predicted molar refractivity (Wildman–Crippen MR) is 203 cm³/mol. The quantitative estimate of drug-likeness (QED) is 0.183. The van der Waals surface area contributed by atoms with Gasteiger partial charge in [0.2, 0.25) is 0 Å². The number of furan rings is 1. The van der Waals surface area contributed by atoms with Gasteiger partial charge in [-0.25, -0.2) is 24.9 Å². The van der Waals surface area contributed by atoms with E-state index >= 15 is 0 Å². The molecule has 0 radical (unpaired) electrons. The van der Waals surface area contributed by atoms with Gasteiger partial charge in [-0.05, 0) is 30.3 Å². The molecule has 234 valence electrons. The molecule has 0 amide bonds. The highest BCUT2D eigenvalue weighted by Gasteiger charge is 2.19. The second-order valence-corrected chi connectivity index (χ2v) is 13.2. The van der Waals surface area contributed by atoms with Crippen LogP contribution in [-0.2, 0) is 0 Å². The monoisotopic (exact) mass is 659 g/mol. The highest BCUT2D eigenvalue weighted by atomic mass is 32.1. The number of thiophene rings is 1. The van der Waals surface area contributed by atoms with E-state index in [0.717, 1.165) is 65.5 Å². The zero-order chi connectivity index (χ0) is 33.0. The summed E-state index contributed by atoms with van der Waals surface area (Å²) in [5, 5.41) is 3.29. The van der Waals surface area contributed by atoms with Crippen LogP contribution in [0.2, 0.25) is 0 Å². The standard InChI is InChI=1S/C43H25N5OS/c1-4-12-26(13-5-1)40-44-37(39-38(45-40)32-18-10-11-19-34(32)49-39)29-21-23-35-33(24-29)31-22-20-30(25-36(31)50-35)43-47-41(27-14-6-2-7-15-27)46-42(48-43)28-16-8-3-9-17-28/h1-25H. The SMILES string of the molecule is c1ccc(-c2nc(-c3ccccc3)nc(-c3ccc4c(c3)sc3ccc(-c5nc(-c6ccccc6)nc6c5oc5ccccc56)cc34)n2)cc1. The predicted octanol–water partition coefficient (Wildman–Crippen LogP) is 11.3. The van der Waals surface area contributed by atoms with Gasteiger partial charge in [-0.1, -0.05) is 121 Å². The highest BCUT2D eigenvalue weighted by Crippen LogP contribution is 2.41. The van der Waals surface area contributed by atoms with Crippen LogP contribution in [0.3, 0.4) is 0 Å². The Kier molecular flexibility index (Phi) is 6.57. The summed E-state index contributed by atoms with van der Waals surface area (Å²) < 4.78 is 8.75. The molecule has 4 heterocycles. The molecule has 0 unspecified atom stereocenters. The Bertz CT molecular complexity index is 2810. The third kappa shape index (κ3) is 4.83. The first-order valence-corrected chi connectivity index (χ1v) is 17.2. The van der Waals surface area contributed by atoms with Crippen LogP contribution in [-0.4, -0.2) is 24.9 Å². The minimum Gasteiger partial charge on any atom is -0.452 e. The van der Waals surface area contributed by atoms with Gasteiger partial charge >= 0.3 is 0 Å². The summed E-state index contributed by atoms with van der Waals surface area (Å²) >= 11 is 1.76. The van der Waals surface area contributed by atoms with Crippen molar-refractivity contribution in [2.45, 2.75) is 0 Å². The van der Waals surface area contributed by atoms with Gasteiger partial charge in [0.1, 0.15) is 16.8 Å². The molecule has 0 spiro atoms. The molecule has 0 saturated heterocycles. The van der Waals surface area contributed by atoms with Crippen molar-refractivity contribution in [2.24, 2.45) is 0 Å². The van der Waals surface area contributed by atoms with Gasteiger partial charge in [0, 0.05) is 53.4 Å². The number of benzene rings is 6. The molecule has 10 aromatic rings. The molecule has 0 aliphatic heterocycles. The van der Waals surface area contributed by atoms with Crippen molar-refractivity contribution in [3.63, 3.8) is 0 Å². The van der Waals surface area contributed by atoms with Crippen molar-refractivity contribution in [3.8, 4) is 56.8 Å². The summed E-state index contributed by atoms with van der Waals surface area (Å²) in [5.41, 5.74) is 7.83. The van der Waals surface area contributed by atoms with Gasteiger partial charge in [0.05, 0.1) is 0 Å². The number of para-hydroxylation sites is 1. The first-order chi connectivity index (χ1) is 24.7. The van der Waals surface area contributed by atoms with E-state index in [1.54, 1.807) is 11.3 Å². The van der Waals surface area contributed by atoms with Crippen molar-refractivity contribution < 1.29 is 4.42 Å². The average molecular weight is 660 g/mol. The van der Waals surface area contributed by atoms with Gasteiger partial charge in [0.25, 0.3) is 0 Å². The number of aromatic nitrogens is 5. The highest BCUT2D eigenvalue weighted by molar-refractivity contribution is 7.25. The van der Waals surface area contributed by atoms with Gasteiger partial charge in [-0.2, -0.15) is 0 Å². The van der Waals surface area contributed by atoms with E-state index in [9.17, 15) is 0 Å². The Balaban J connectivity index is 1.12. The Morgan fingerprint density at radius 3 is 1.60 bits per heavy atom. The Hall–Kier alpha value is -6.57. The molecule has 4 aromatic heterocycles. The summed E-state index contributed by atoms with van der Waals surface area (Å²) in [6.45, 7) is 0. The lowest BCUT2D eigenvalue weighted by Crippen LogP contribution is -1.99. The number of rotatable bonds is 5. The van der Waals surface area contributed by atoms with Crippen LogP contribution in [0.25, 0.3) is 99.1 Å². The fraction of sp³-hybridized carbons (Fsp3) is 0. The zero-order valence-corrected chi connectivity index (χ0v) is 27.3. The Morgan fingerprint density at radius 1 is 0.380 bits per heavy atom. The van der Waals surface area contributed by atoms with E-state index in [0.29, 0.717) is 28.9 Å². The van der Waals surface area contributed by atoms with Crippen molar-refractivity contribution in [2.75, 3.05) is 0 Å². The lowest BCUT2D eigenvalue weighted by Gasteiger charge is -2.08. The van der Waals surface area contributed by atoms with Crippen LogP contribution in [0.1, 0.15) is 0 Å². The first-order valence-electron chi connectivity index (χ1n) is 16.3. The van der Waals surface area contributed by atoms with E-state index in [4.69, 9.17) is 29.3 Å². The van der Waals surface area contributed by atoms with E-state index in [1.807, 2.05) is 109 Å². The molecule has 0 atom stereocenters. The summed E-state index contributed by atoms with van der Waals surface area (Å²) in [4.78, 5) is 24.9. The maximum Gasteiger partial charge on any atom is 0.180 e. The molecule has 7 heteroatoms. The largest absolute Gasteiger partial charge is 0.452 e. The van der Waals surface area contributed by atoms with Crippen LogP contribution in [0, 0.1) is 0 Å². The van der Waals surface area contributed by atoms with E-state index in [2.05, 4.69) is 42.5 Å². The zero-order valence-electron chi connectivity index (χ0n) is 26.5. The van der Waals surface area contributed by atoms with Crippen molar-refractivity contribution in [1.82, 2.24) is 24.9 Å². The molecule has 0 aliphatic carbocycles. The van der Waals surface area contributed by atoms with Gasteiger partial charge in [-0.15, -0.1) is 11.3 Å². The minimum absolute atomic E-state index is 0.638. The molecule has 6 nitrogen and oxygen atoms in total.